The second kappa shape index (κ2) is 7.29. The molecule has 2 amide bonds. The van der Waals surface area contributed by atoms with Crippen LogP contribution in [0.25, 0.3) is 0 Å². The van der Waals surface area contributed by atoms with Gasteiger partial charge < -0.3 is 21.2 Å². The van der Waals surface area contributed by atoms with Crippen molar-refractivity contribution in [3.63, 3.8) is 0 Å². The first-order valence-electron chi connectivity index (χ1n) is 6.13. The summed E-state index contributed by atoms with van der Waals surface area (Å²) < 4.78 is 4.51. The summed E-state index contributed by atoms with van der Waals surface area (Å²) in [6.45, 7) is 4.12. The molecule has 0 aliphatic rings. The van der Waals surface area contributed by atoms with E-state index in [9.17, 15) is 9.59 Å². The quantitative estimate of drug-likeness (QED) is 0.337. The van der Waals surface area contributed by atoms with Gasteiger partial charge in [-0.15, -0.1) is 0 Å². The average Bonchev–Trinajstić information content (AvgIpc) is 2.42. The Bertz CT molecular complexity index is 490. The highest BCUT2D eigenvalue weighted by molar-refractivity contribution is 5.95. The van der Waals surface area contributed by atoms with Crippen LogP contribution in [0.4, 0.5) is 10.6 Å². The van der Waals surface area contributed by atoms with Crippen molar-refractivity contribution in [2.75, 3.05) is 18.6 Å². The van der Waals surface area contributed by atoms with E-state index in [-0.39, 0.29) is 25.0 Å². The summed E-state index contributed by atoms with van der Waals surface area (Å²) in [6, 6.07) is 3.23. The minimum Gasteiger partial charge on any atom is -0.448 e. The van der Waals surface area contributed by atoms with E-state index in [1.54, 1.807) is 6.07 Å². The maximum Gasteiger partial charge on any atom is 0.404 e. The van der Waals surface area contributed by atoms with Crippen LogP contribution in [0.3, 0.4) is 0 Å². The molecule has 1 heterocycles. The molecule has 1 rings (SSSR count). The Kier molecular flexibility index (Phi) is 5.73. The number of primary amides is 1. The van der Waals surface area contributed by atoms with E-state index in [1.165, 1.54) is 6.07 Å². The van der Waals surface area contributed by atoms with Gasteiger partial charge in [0.1, 0.15) is 12.4 Å². The second-order valence-corrected chi connectivity index (χ2v) is 4.39. The molecule has 0 radical (unpaired) electrons. The molecule has 8 nitrogen and oxygen atoms in total. The Balaban J connectivity index is 2.71. The van der Waals surface area contributed by atoms with Gasteiger partial charge in [-0.3, -0.25) is 4.79 Å². The molecule has 0 aromatic carbocycles. The normalized spacial score (nSPS) is 10.2. The fourth-order valence-corrected chi connectivity index (χ4v) is 1.47. The van der Waals surface area contributed by atoms with Crippen molar-refractivity contribution >= 4 is 17.8 Å². The molecular weight excluding hydrogens is 262 g/mol. The highest BCUT2D eigenvalue weighted by Gasteiger charge is 2.11. The number of rotatable bonds is 6. The van der Waals surface area contributed by atoms with E-state index in [1.807, 2.05) is 13.8 Å². The topological polar surface area (TPSA) is 132 Å². The van der Waals surface area contributed by atoms with E-state index >= 15 is 0 Å². The number of aromatic nitrogens is 1. The zero-order chi connectivity index (χ0) is 15.1. The number of nitrogen functional groups attached to an aromatic ring is 1. The Morgan fingerprint density at radius 3 is 2.65 bits per heavy atom. The lowest BCUT2D eigenvalue weighted by molar-refractivity contribution is 0.0936. The molecule has 6 N–H and O–H groups in total. The number of nitrogens with one attached hydrogen (secondary N) is 2. The summed E-state index contributed by atoms with van der Waals surface area (Å²) in [5.74, 6) is 5.59. The standard InChI is InChI=1S/C12H19N5O3/c1-7(2)9-5-8(6-10(16-9)17-14)11(18)15-3-4-20-12(13)19/h5-7H,3-4,14H2,1-2H3,(H2,13,19)(H,15,18)(H,16,17). The first-order valence-corrected chi connectivity index (χ1v) is 6.13. The molecule has 8 heteroatoms. The Labute approximate surface area is 116 Å². The first kappa shape index (κ1) is 15.7. The van der Waals surface area contributed by atoms with Gasteiger partial charge in [-0.1, -0.05) is 13.8 Å². The molecule has 0 aliphatic heterocycles. The second-order valence-electron chi connectivity index (χ2n) is 4.39. The van der Waals surface area contributed by atoms with Crippen LogP contribution in [0.15, 0.2) is 12.1 Å². The van der Waals surface area contributed by atoms with Crippen molar-refractivity contribution in [1.29, 1.82) is 0 Å². The Morgan fingerprint density at radius 2 is 2.10 bits per heavy atom. The molecular formula is C12H19N5O3. The molecule has 1 aromatic rings. The number of hydrazine groups is 1. The molecule has 1 aromatic heterocycles. The van der Waals surface area contributed by atoms with Crippen molar-refractivity contribution < 1.29 is 14.3 Å². The summed E-state index contributed by atoms with van der Waals surface area (Å²) in [5.41, 5.74) is 8.41. The predicted molar refractivity (Wildman–Crippen MR) is 74.0 cm³/mol. The van der Waals surface area contributed by atoms with Crippen LogP contribution < -0.4 is 22.3 Å². The van der Waals surface area contributed by atoms with Gasteiger partial charge >= 0.3 is 6.09 Å². The van der Waals surface area contributed by atoms with Crippen molar-refractivity contribution in [3.05, 3.63) is 23.4 Å². The van der Waals surface area contributed by atoms with E-state index < -0.39 is 6.09 Å². The molecule has 20 heavy (non-hydrogen) atoms. The van der Waals surface area contributed by atoms with Crippen LogP contribution in [-0.4, -0.2) is 30.1 Å². The van der Waals surface area contributed by atoms with Crippen LogP contribution in [0.2, 0.25) is 0 Å². The lowest BCUT2D eigenvalue weighted by Gasteiger charge is -2.11. The molecule has 110 valence electrons. The van der Waals surface area contributed by atoms with Crippen molar-refractivity contribution in [2.24, 2.45) is 11.6 Å². The number of ether oxygens (including phenoxy) is 1. The highest BCUT2D eigenvalue weighted by Crippen LogP contribution is 2.17. The van der Waals surface area contributed by atoms with Gasteiger partial charge in [0.25, 0.3) is 5.91 Å². The summed E-state index contributed by atoms with van der Waals surface area (Å²) in [7, 11) is 0. The van der Waals surface area contributed by atoms with Crippen LogP contribution in [0.5, 0.6) is 0 Å². The number of hydrogen-bond donors (Lipinski definition) is 4. The summed E-state index contributed by atoms with van der Waals surface area (Å²) in [4.78, 5) is 26.6. The third-order valence-corrected chi connectivity index (χ3v) is 2.48. The third kappa shape index (κ3) is 4.73. The molecule has 0 unspecified atom stereocenters. The maximum absolute atomic E-state index is 12.0. The molecule has 0 fully saturated rings. The van der Waals surface area contributed by atoms with Gasteiger partial charge in [0.15, 0.2) is 0 Å². The van der Waals surface area contributed by atoms with Gasteiger partial charge in [0.2, 0.25) is 0 Å². The lowest BCUT2D eigenvalue weighted by atomic mass is 10.1. The maximum atomic E-state index is 12.0. The minimum atomic E-state index is -0.875. The fraction of sp³-hybridized carbons (Fsp3) is 0.417. The van der Waals surface area contributed by atoms with Crippen molar-refractivity contribution in [3.8, 4) is 0 Å². The van der Waals surface area contributed by atoms with Gasteiger partial charge in [-0.25, -0.2) is 15.6 Å². The highest BCUT2D eigenvalue weighted by atomic mass is 16.5. The molecule has 0 aliphatic carbocycles. The van der Waals surface area contributed by atoms with E-state index in [0.717, 1.165) is 5.69 Å². The predicted octanol–water partition coefficient (Wildman–Crippen LogP) is 0.316. The van der Waals surface area contributed by atoms with Crippen LogP contribution in [0, 0.1) is 0 Å². The average molecular weight is 281 g/mol. The number of carbonyl (C=O) groups is 2. The van der Waals surface area contributed by atoms with Crippen LogP contribution in [-0.2, 0) is 4.74 Å². The number of amides is 2. The van der Waals surface area contributed by atoms with Gasteiger partial charge in [-0.2, -0.15) is 0 Å². The number of nitrogens with zero attached hydrogens (tertiary/aromatic N) is 1. The van der Waals surface area contributed by atoms with Gasteiger partial charge in [0.05, 0.1) is 6.54 Å². The summed E-state index contributed by atoms with van der Waals surface area (Å²) in [6.07, 6.45) is -0.875. The van der Waals surface area contributed by atoms with E-state index in [4.69, 9.17) is 11.6 Å². The summed E-state index contributed by atoms with van der Waals surface area (Å²) in [5, 5.41) is 2.60. The number of carbonyl (C=O) groups excluding carboxylic acids is 2. The third-order valence-electron chi connectivity index (χ3n) is 2.48. The van der Waals surface area contributed by atoms with Crippen molar-refractivity contribution in [1.82, 2.24) is 10.3 Å². The van der Waals surface area contributed by atoms with Crippen molar-refractivity contribution in [2.45, 2.75) is 19.8 Å². The van der Waals surface area contributed by atoms with E-state index in [2.05, 4.69) is 20.5 Å². The lowest BCUT2D eigenvalue weighted by Crippen LogP contribution is -2.29. The Hall–Kier alpha value is -2.35. The largest absolute Gasteiger partial charge is 0.448 e. The van der Waals surface area contributed by atoms with Crippen LogP contribution >= 0.6 is 0 Å². The number of nitrogens with two attached hydrogens (primary N) is 2. The number of anilines is 1. The molecule has 0 atom stereocenters. The number of pyridine rings is 1. The minimum absolute atomic E-state index is 0.0190. The summed E-state index contributed by atoms with van der Waals surface area (Å²) >= 11 is 0. The van der Waals surface area contributed by atoms with Crippen LogP contribution in [0.1, 0.15) is 35.8 Å². The Morgan fingerprint density at radius 1 is 1.40 bits per heavy atom. The molecule has 0 spiro atoms. The van der Waals surface area contributed by atoms with Gasteiger partial charge in [0, 0.05) is 11.3 Å². The first-order chi connectivity index (χ1) is 9.43. The fourth-order valence-electron chi connectivity index (χ4n) is 1.47. The number of hydrogen-bond acceptors (Lipinski definition) is 6. The molecule has 0 saturated carbocycles. The zero-order valence-electron chi connectivity index (χ0n) is 11.5. The van der Waals surface area contributed by atoms with E-state index in [0.29, 0.717) is 11.4 Å². The van der Waals surface area contributed by atoms with Gasteiger partial charge in [-0.05, 0) is 18.1 Å². The monoisotopic (exact) mass is 281 g/mol. The SMILES string of the molecule is CC(C)c1cc(C(=O)NCCOC(N)=O)cc(NN)n1. The molecule has 0 saturated heterocycles. The zero-order valence-corrected chi connectivity index (χ0v) is 11.5. The smallest absolute Gasteiger partial charge is 0.404 e. The molecule has 0 bridgehead atoms.